The van der Waals surface area contributed by atoms with E-state index in [1.54, 1.807) is 0 Å². The van der Waals surface area contributed by atoms with Crippen molar-refractivity contribution in [3.63, 3.8) is 0 Å². The fraction of sp³-hybridized carbons (Fsp3) is 0.800. The maximum Gasteiger partial charge on any atom is 0.328 e. The molecule has 2 N–H and O–H groups in total. The van der Waals surface area contributed by atoms with Gasteiger partial charge in [-0.05, 0) is 5.53 Å². The van der Waals surface area contributed by atoms with Crippen molar-refractivity contribution < 1.29 is 24.2 Å². The summed E-state index contributed by atoms with van der Waals surface area (Å²) in [5, 5.41) is 15.0. The van der Waals surface area contributed by atoms with Crippen LogP contribution in [-0.4, -0.2) is 64.2 Å². The third-order valence-electron chi connectivity index (χ3n) is 3.38. The summed E-state index contributed by atoms with van der Waals surface area (Å²) in [7, 11) is 1.39. The van der Waals surface area contributed by atoms with E-state index in [2.05, 4.69) is 15.3 Å². The number of hydrogen-bond acceptors (Lipinski definition) is 6. The van der Waals surface area contributed by atoms with Crippen LogP contribution >= 0.6 is 22.6 Å². The van der Waals surface area contributed by atoms with Crippen LogP contribution in [0, 0.1) is 0 Å². The molecule has 2 fully saturated rings. The van der Waals surface area contributed by atoms with E-state index in [9.17, 15) is 14.7 Å². The summed E-state index contributed by atoms with van der Waals surface area (Å²) in [6.45, 7) is -0.333. The molecule has 10 nitrogen and oxygen atoms in total. The number of urea groups is 1. The predicted octanol–water partition coefficient (Wildman–Crippen LogP) is 0.100. The molecule has 0 aromatic rings. The summed E-state index contributed by atoms with van der Waals surface area (Å²) in [4.78, 5) is 27.6. The summed E-state index contributed by atoms with van der Waals surface area (Å²) in [6, 6.07) is -1.22. The standard InChI is InChI=1S/C10H14IN5O5/c1-20-9-7(11)8(18)13-10(19)16(9)6-2-4(14-15-12)5(3-17)21-6/h4-7,9,17H,2-3H2,1H3,(H,13,18,19)/t4-,5+,6?,7-,9+/m0/s1. The van der Waals surface area contributed by atoms with E-state index in [0.29, 0.717) is 0 Å². The van der Waals surface area contributed by atoms with Crippen LogP contribution in [0.25, 0.3) is 10.4 Å². The van der Waals surface area contributed by atoms with Gasteiger partial charge in [0, 0.05) is 18.4 Å². The first-order chi connectivity index (χ1) is 10.0. The van der Waals surface area contributed by atoms with Crippen LogP contribution in [0.4, 0.5) is 4.79 Å². The number of methoxy groups -OCH3 is 1. The molecule has 1 unspecified atom stereocenters. The van der Waals surface area contributed by atoms with Gasteiger partial charge in [0.05, 0.1) is 18.8 Å². The van der Waals surface area contributed by atoms with Crippen LogP contribution in [0.5, 0.6) is 0 Å². The quantitative estimate of drug-likeness (QED) is 0.222. The molecular formula is C10H14IN5O5. The minimum atomic E-state index is -0.791. The van der Waals surface area contributed by atoms with E-state index >= 15 is 0 Å². The number of halogens is 1. The molecular weight excluding hydrogens is 397 g/mol. The lowest BCUT2D eigenvalue weighted by molar-refractivity contribution is -0.142. The number of aliphatic hydroxyl groups excluding tert-OH is 1. The van der Waals surface area contributed by atoms with Crippen LogP contribution in [-0.2, 0) is 14.3 Å². The van der Waals surface area contributed by atoms with Crippen molar-refractivity contribution in [1.82, 2.24) is 10.2 Å². The fourth-order valence-electron chi connectivity index (χ4n) is 2.39. The normalized spacial score (nSPS) is 36.3. The van der Waals surface area contributed by atoms with Gasteiger partial charge in [-0.15, -0.1) is 0 Å². The first kappa shape index (κ1) is 16.2. The Hall–Kier alpha value is -1.14. The number of azide groups is 1. The Morgan fingerprint density at radius 2 is 2.38 bits per heavy atom. The fourth-order valence-corrected chi connectivity index (χ4v) is 3.19. The zero-order valence-corrected chi connectivity index (χ0v) is 13.2. The average Bonchev–Trinajstić information content (AvgIpc) is 2.85. The Bertz CT molecular complexity index is 484. The number of hydrogen-bond donors (Lipinski definition) is 2. The molecule has 0 aromatic carbocycles. The van der Waals surface area contributed by atoms with Crippen LogP contribution in [0.2, 0.25) is 0 Å². The summed E-state index contributed by atoms with van der Waals surface area (Å²) < 4.78 is 10.2. The second-order valence-electron chi connectivity index (χ2n) is 4.55. The van der Waals surface area contributed by atoms with Crippen molar-refractivity contribution in [3.8, 4) is 0 Å². The van der Waals surface area contributed by atoms with Crippen molar-refractivity contribution in [3.05, 3.63) is 10.4 Å². The van der Waals surface area contributed by atoms with Gasteiger partial charge in [0.25, 0.3) is 0 Å². The topological polar surface area (TPSA) is 137 Å². The Kier molecular flexibility index (Phi) is 5.22. The highest BCUT2D eigenvalue weighted by Gasteiger charge is 2.48. The number of ether oxygens (including phenoxy) is 2. The third kappa shape index (κ3) is 3.06. The van der Waals surface area contributed by atoms with Gasteiger partial charge in [0.1, 0.15) is 10.2 Å². The molecule has 0 radical (unpaired) electrons. The molecule has 2 rings (SSSR count). The molecule has 11 heteroatoms. The lowest BCUT2D eigenvalue weighted by Crippen LogP contribution is -2.64. The van der Waals surface area contributed by atoms with E-state index < -0.39 is 40.5 Å². The molecule has 0 bridgehead atoms. The smallest absolute Gasteiger partial charge is 0.328 e. The van der Waals surface area contributed by atoms with Crippen molar-refractivity contribution in [2.24, 2.45) is 5.11 Å². The highest BCUT2D eigenvalue weighted by Crippen LogP contribution is 2.31. The Balaban J connectivity index is 2.21. The van der Waals surface area contributed by atoms with E-state index in [1.165, 1.54) is 12.0 Å². The Labute approximate surface area is 133 Å². The minimum Gasteiger partial charge on any atom is -0.394 e. The van der Waals surface area contributed by atoms with Gasteiger partial charge < -0.3 is 14.6 Å². The van der Waals surface area contributed by atoms with E-state index in [-0.39, 0.29) is 13.0 Å². The largest absolute Gasteiger partial charge is 0.394 e. The maximum atomic E-state index is 12.0. The number of nitrogens with zero attached hydrogens (tertiary/aromatic N) is 4. The van der Waals surface area contributed by atoms with Crippen LogP contribution in [0.3, 0.4) is 0 Å². The molecule has 0 spiro atoms. The van der Waals surface area contributed by atoms with Crippen LogP contribution < -0.4 is 5.32 Å². The number of aliphatic hydroxyl groups is 1. The molecule has 2 saturated heterocycles. The third-order valence-corrected chi connectivity index (χ3v) is 4.56. The Morgan fingerprint density at radius 3 is 2.95 bits per heavy atom. The van der Waals surface area contributed by atoms with Gasteiger partial charge >= 0.3 is 6.03 Å². The molecule has 0 aliphatic carbocycles. The zero-order chi connectivity index (χ0) is 15.6. The molecule has 3 amide bonds. The molecule has 2 aliphatic rings. The zero-order valence-electron chi connectivity index (χ0n) is 11.0. The monoisotopic (exact) mass is 411 g/mol. The van der Waals surface area contributed by atoms with Crippen molar-refractivity contribution in [2.45, 2.75) is 34.9 Å². The number of carbonyl (C=O) groups is 2. The van der Waals surface area contributed by atoms with Gasteiger partial charge in [-0.3, -0.25) is 15.0 Å². The van der Waals surface area contributed by atoms with Crippen LogP contribution in [0.1, 0.15) is 6.42 Å². The number of imide groups is 1. The summed E-state index contributed by atoms with van der Waals surface area (Å²) in [5.41, 5.74) is 8.52. The second kappa shape index (κ2) is 6.75. The Morgan fingerprint density at radius 1 is 1.67 bits per heavy atom. The molecule has 0 saturated carbocycles. The van der Waals surface area contributed by atoms with Gasteiger partial charge in [-0.1, -0.05) is 27.7 Å². The van der Waals surface area contributed by atoms with E-state index in [1.807, 2.05) is 22.6 Å². The van der Waals surface area contributed by atoms with Crippen LogP contribution in [0.15, 0.2) is 5.11 Å². The highest BCUT2D eigenvalue weighted by molar-refractivity contribution is 14.1. The number of carbonyl (C=O) groups excluding carboxylic acids is 2. The average molecular weight is 411 g/mol. The van der Waals surface area contributed by atoms with Gasteiger partial charge in [-0.2, -0.15) is 0 Å². The lowest BCUT2D eigenvalue weighted by atomic mass is 10.1. The molecule has 0 aromatic heterocycles. The SMILES string of the molecule is CO[C@@H]1[C@@H](I)C(=O)NC(=O)N1C1C[C@H](N=[N+]=[N-])[C@@H](CO)O1. The first-order valence-electron chi connectivity index (χ1n) is 6.14. The molecule has 2 heterocycles. The van der Waals surface area contributed by atoms with Crippen molar-refractivity contribution in [2.75, 3.05) is 13.7 Å². The summed E-state index contributed by atoms with van der Waals surface area (Å²) in [5.74, 6) is -0.438. The second-order valence-corrected chi connectivity index (χ2v) is 5.89. The number of amides is 3. The first-order valence-corrected chi connectivity index (χ1v) is 7.38. The maximum absolute atomic E-state index is 12.0. The molecule has 116 valence electrons. The van der Waals surface area contributed by atoms with E-state index in [4.69, 9.17) is 15.0 Å². The molecule has 21 heavy (non-hydrogen) atoms. The number of alkyl halides is 1. The van der Waals surface area contributed by atoms with Crippen molar-refractivity contribution >= 4 is 34.5 Å². The summed E-state index contributed by atoms with van der Waals surface area (Å²) >= 11 is 1.88. The minimum absolute atomic E-state index is 0.222. The van der Waals surface area contributed by atoms with E-state index in [0.717, 1.165) is 0 Å². The molecule has 5 atom stereocenters. The number of nitrogens with one attached hydrogen (secondary N) is 1. The van der Waals surface area contributed by atoms with Gasteiger partial charge in [-0.25, -0.2) is 4.79 Å². The summed E-state index contributed by atoms with van der Waals surface area (Å²) in [6.07, 6.45) is -2.00. The van der Waals surface area contributed by atoms with Crippen molar-refractivity contribution in [1.29, 1.82) is 0 Å². The highest BCUT2D eigenvalue weighted by atomic mass is 127. The van der Waals surface area contributed by atoms with Gasteiger partial charge in [0.15, 0.2) is 6.23 Å². The predicted molar refractivity (Wildman–Crippen MR) is 77.3 cm³/mol. The lowest BCUT2D eigenvalue weighted by Gasteiger charge is -2.40. The number of rotatable bonds is 4. The molecule has 2 aliphatic heterocycles. The van der Waals surface area contributed by atoms with Gasteiger partial charge in [0.2, 0.25) is 5.91 Å².